The number of nitrogens with two attached hydrogens (primary N) is 3. The van der Waals surface area contributed by atoms with Crippen LogP contribution in [0.1, 0.15) is 181 Å². The van der Waals surface area contributed by atoms with Crippen molar-refractivity contribution in [2.75, 3.05) is 0 Å². The summed E-state index contributed by atoms with van der Waals surface area (Å²) in [5.41, 5.74) is 17.1. The molecule has 17 heteroatoms. The molecule has 15 nitrogen and oxygen atoms in total. The van der Waals surface area contributed by atoms with Crippen LogP contribution in [0.2, 0.25) is 0 Å². The summed E-state index contributed by atoms with van der Waals surface area (Å²) in [5.74, 6) is -7.58. The van der Waals surface area contributed by atoms with Crippen LogP contribution in [-0.4, -0.2) is 125 Å². The number of hydrogen-bond donors (Lipinski definition) is 3. The zero-order valence-electron chi connectivity index (χ0n) is 32.7. The topological polar surface area (TPSA) is 252 Å². The van der Waals surface area contributed by atoms with Gasteiger partial charge in [-0.1, -0.05) is 117 Å². The third-order valence-electron chi connectivity index (χ3n) is 8.73. The van der Waals surface area contributed by atoms with Crippen molar-refractivity contribution in [3.63, 3.8) is 0 Å². The van der Waals surface area contributed by atoms with Gasteiger partial charge in [0.25, 0.3) is 0 Å². The molecule has 0 heterocycles. The summed E-state index contributed by atoms with van der Waals surface area (Å²) in [6, 6.07) is -4.20. The Morgan fingerprint density at radius 2 is 0.571 bits per heavy atom. The molecule has 314 valence electrons. The summed E-state index contributed by atoms with van der Waals surface area (Å²) >= 11 is 0. The van der Waals surface area contributed by atoms with Crippen LogP contribution >= 0.6 is 0 Å². The molecule has 0 amide bonds. The van der Waals surface area contributed by atoms with E-state index < -0.39 is 72.3 Å². The van der Waals surface area contributed by atoms with Gasteiger partial charge >= 0.3 is 107 Å². The van der Waals surface area contributed by atoms with E-state index in [1.54, 1.807) is 0 Å². The number of hydrogen-bond acceptors (Lipinski definition) is 15. The Kier molecular flexibility index (Phi) is 40.8. The molecule has 0 radical (unpaired) electrons. The Morgan fingerprint density at radius 3 is 0.875 bits per heavy atom. The van der Waals surface area contributed by atoms with Gasteiger partial charge in [-0.05, 0) is 32.1 Å². The van der Waals surface area contributed by atoms with Crippen LogP contribution in [0.3, 0.4) is 0 Å². The molecule has 0 aromatic rings. The normalized spacial score (nSPS) is 12.2. The maximum absolute atomic E-state index is 12.2. The summed E-state index contributed by atoms with van der Waals surface area (Å²) in [6.45, 7) is 4.34. The zero-order chi connectivity index (χ0) is 40.6. The van der Waals surface area contributed by atoms with Crippen LogP contribution in [0.15, 0.2) is 0 Å². The molecule has 0 bridgehead atoms. The molecular weight excluding hydrogens is 748 g/mol. The van der Waals surface area contributed by atoms with Crippen LogP contribution in [0.25, 0.3) is 0 Å². The summed E-state index contributed by atoms with van der Waals surface area (Å²) < 4.78 is 18.8. The van der Waals surface area contributed by atoms with Gasteiger partial charge in [-0.2, -0.15) is 0 Å². The third-order valence-corrected chi connectivity index (χ3v) is 8.73. The molecule has 3 atom stereocenters. The molecule has 0 saturated carbocycles. The number of carbonyl (C=O) groups excluding carboxylic acids is 8. The minimum absolute atomic E-state index is 0. The first-order chi connectivity index (χ1) is 25.8. The van der Waals surface area contributed by atoms with Crippen molar-refractivity contribution in [1.82, 2.24) is 0 Å². The third kappa shape index (κ3) is 34.5. The molecule has 6 N–H and O–H groups in total. The number of esters is 8. The molecular formula is C39H69N3Na2O12. The minimum atomic E-state index is -1.45. The average molecular weight is 818 g/mol. The van der Waals surface area contributed by atoms with Gasteiger partial charge in [-0.25, -0.2) is 14.4 Å². The van der Waals surface area contributed by atoms with E-state index in [0.29, 0.717) is 12.8 Å². The van der Waals surface area contributed by atoms with Crippen molar-refractivity contribution in [3.05, 3.63) is 0 Å². The van der Waals surface area contributed by atoms with Gasteiger partial charge in [0.2, 0.25) is 0 Å². The molecule has 0 rings (SSSR count). The van der Waals surface area contributed by atoms with Gasteiger partial charge in [0.05, 0.1) is 0 Å². The van der Waals surface area contributed by atoms with Crippen molar-refractivity contribution >= 4 is 107 Å². The van der Waals surface area contributed by atoms with Crippen molar-refractivity contribution in [3.8, 4) is 0 Å². The van der Waals surface area contributed by atoms with E-state index in [1.807, 2.05) is 0 Å². The maximum atomic E-state index is 12.2. The quantitative estimate of drug-likeness (QED) is 0.0284. The van der Waals surface area contributed by atoms with Gasteiger partial charge in [-0.3, -0.25) is 24.0 Å². The predicted molar refractivity (Wildman–Crippen MR) is 214 cm³/mol. The summed E-state index contributed by atoms with van der Waals surface area (Å²) in [7, 11) is 0. The van der Waals surface area contributed by atoms with Crippen LogP contribution < -0.4 is 17.2 Å². The zero-order valence-corrected chi connectivity index (χ0v) is 32.7. The first-order valence-electron chi connectivity index (χ1n) is 20.0. The van der Waals surface area contributed by atoms with E-state index in [1.165, 1.54) is 64.2 Å². The second-order valence-electron chi connectivity index (χ2n) is 13.8. The van der Waals surface area contributed by atoms with Gasteiger partial charge in [-0.15, -0.1) is 0 Å². The Morgan fingerprint density at radius 1 is 0.339 bits per heavy atom. The standard InChI is InChI=1S/C39H67N3O12.2Na.2H/c1-3-5-7-9-11-13-15-17-19-21-32(43)51-34(45)26-23-29(40)37(48)53-36(47)28-25-31(42)39(50)54-38(49)30(41)24-27-35(46)52-33(44)22-20-18-16-14-12-10-8-6-4-2;;;;/h29-31H,3-28,40-42H2,1-2H3;;;;/t29-,30-,31-;;;;/m0..../s1. The van der Waals surface area contributed by atoms with Gasteiger partial charge in [0.1, 0.15) is 18.1 Å². The van der Waals surface area contributed by atoms with Crippen LogP contribution in [0.5, 0.6) is 0 Å². The van der Waals surface area contributed by atoms with Gasteiger partial charge in [0, 0.05) is 32.1 Å². The SMILES string of the molecule is CCCCCCCCCCCC(=O)OC(=O)CC[C@H](N)C(=O)OC(=O)CC[C@H](N)C(=O)OC(=O)[C@@H](N)CCC(=O)OC(=O)CCCCCCCCCCC.[NaH].[NaH]. The Hall–Kier alpha value is -1.56. The fraction of sp³-hybridized carbons (Fsp3) is 0.795. The molecule has 0 aliphatic carbocycles. The Balaban J connectivity index is -0.0000140. The van der Waals surface area contributed by atoms with Crippen molar-refractivity contribution in [2.45, 2.75) is 199 Å². The molecule has 0 saturated heterocycles. The molecule has 0 unspecified atom stereocenters. The van der Waals surface area contributed by atoms with E-state index in [-0.39, 0.29) is 104 Å². The molecule has 0 aromatic carbocycles. The Labute approximate surface area is 377 Å². The summed E-state index contributed by atoms with van der Waals surface area (Å²) in [6.07, 6.45) is 17.5. The molecule has 0 spiro atoms. The molecule has 56 heavy (non-hydrogen) atoms. The summed E-state index contributed by atoms with van der Waals surface area (Å²) in [4.78, 5) is 96.4. The summed E-state index contributed by atoms with van der Waals surface area (Å²) in [5, 5.41) is 0. The van der Waals surface area contributed by atoms with Crippen molar-refractivity contribution < 1.29 is 57.3 Å². The number of rotatable bonds is 32. The molecule has 0 aliphatic heterocycles. The van der Waals surface area contributed by atoms with Gasteiger partial charge < -0.3 is 36.1 Å². The van der Waals surface area contributed by atoms with Crippen LogP contribution in [0.4, 0.5) is 0 Å². The van der Waals surface area contributed by atoms with Crippen molar-refractivity contribution in [2.24, 2.45) is 17.2 Å². The first kappa shape index (κ1) is 58.8. The monoisotopic (exact) mass is 817 g/mol. The van der Waals surface area contributed by atoms with Crippen LogP contribution in [0, 0.1) is 0 Å². The second kappa shape index (κ2) is 38.9. The fourth-order valence-corrected chi connectivity index (χ4v) is 5.28. The Bertz CT molecular complexity index is 1160. The first-order valence-corrected chi connectivity index (χ1v) is 20.0. The number of ether oxygens (including phenoxy) is 4. The van der Waals surface area contributed by atoms with E-state index in [0.717, 1.165) is 38.5 Å². The van der Waals surface area contributed by atoms with E-state index in [2.05, 4.69) is 23.3 Å². The molecule has 0 aromatic heterocycles. The van der Waals surface area contributed by atoms with Gasteiger partial charge in [0.15, 0.2) is 0 Å². The van der Waals surface area contributed by atoms with Crippen molar-refractivity contribution in [1.29, 1.82) is 0 Å². The second-order valence-corrected chi connectivity index (χ2v) is 13.8. The number of carbonyl (C=O) groups is 8. The fourth-order valence-electron chi connectivity index (χ4n) is 5.28. The average Bonchev–Trinajstić information content (AvgIpc) is 3.13. The molecule has 0 aliphatic rings. The predicted octanol–water partition coefficient (Wildman–Crippen LogP) is 4.13. The van der Waals surface area contributed by atoms with Crippen LogP contribution in [-0.2, 0) is 57.3 Å². The molecule has 0 fully saturated rings. The van der Waals surface area contributed by atoms with E-state index >= 15 is 0 Å². The van der Waals surface area contributed by atoms with E-state index in [4.69, 9.17) is 26.7 Å². The number of unbranched alkanes of at least 4 members (excludes halogenated alkanes) is 16. The van der Waals surface area contributed by atoms with E-state index in [9.17, 15) is 38.4 Å².